The Kier molecular flexibility index (Phi) is 4.30. The highest BCUT2D eigenvalue weighted by molar-refractivity contribution is 5.93. The van der Waals surface area contributed by atoms with Gasteiger partial charge in [0.15, 0.2) is 11.5 Å². The number of amides is 1. The molecule has 0 bridgehead atoms. The van der Waals surface area contributed by atoms with Crippen molar-refractivity contribution in [3.05, 3.63) is 90.4 Å². The summed E-state index contributed by atoms with van der Waals surface area (Å²) in [5.74, 6) is 0.298. The van der Waals surface area contributed by atoms with Crippen LogP contribution in [-0.4, -0.2) is 20.8 Å². The van der Waals surface area contributed by atoms with Crippen molar-refractivity contribution in [3.8, 4) is 17.0 Å². The number of hydrogen-bond acceptors (Lipinski definition) is 4. The molecule has 4 rings (SSSR count). The third-order valence-electron chi connectivity index (χ3n) is 3.96. The van der Waals surface area contributed by atoms with E-state index >= 15 is 0 Å². The van der Waals surface area contributed by atoms with Gasteiger partial charge in [-0.25, -0.2) is 4.68 Å². The number of benzene rings is 2. The molecule has 1 N–H and O–H groups in total. The Morgan fingerprint density at radius 3 is 2.58 bits per heavy atom. The molecule has 26 heavy (non-hydrogen) atoms. The molecule has 0 fully saturated rings. The van der Waals surface area contributed by atoms with Gasteiger partial charge in [-0.1, -0.05) is 47.6 Å². The molecule has 0 unspecified atom stereocenters. The Hall–Kier alpha value is -3.67. The number of hydrogen-bond donors (Lipinski definition) is 1. The summed E-state index contributed by atoms with van der Waals surface area (Å²) in [5.41, 5.74) is 3.10. The molecule has 0 aliphatic rings. The van der Waals surface area contributed by atoms with Crippen LogP contribution in [0.25, 0.3) is 17.0 Å². The van der Waals surface area contributed by atoms with Crippen LogP contribution in [0.1, 0.15) is 16.1 Å². The average Bonchev–Trinajstić information content (AvgIpc) is 3.39. The van der Waals surface area contributed by atoms with Crippen molar-refractivity contribution in [2.75, 3.05) is 0 Å². The van der Waals surface area contributed by atoms with Crippen LogP contribution in [-0.2, 0) is 6.54 Å². The van der Waals surface area contributed by atoms with Crippen molar-refractivity contribution >= 4 is 5.91 Å². The van der Waals surface area contributed by atoms with Gasteiger partial charge in [0.1, 0.15) is 0 Å². The zero-order chi connectivity index (χ0) is 17.8. The highest BCUT2D eigenvalue weighted by atomic mass is 16.5. The maximum absolute atomic E-state index is 12.3. The van der Waals surface area contributed by atoms with E-state index in [1.165, 1.54) is 0 Å². The van der Waals surface area contributed by atoms with E-state index in [0.29, 0.717) is 12.3 Å². The van der Waals surface area contributed by atoms with Crippen LogP contribution in [0.4, 0.5) is 0 Å². The molecule has 0 aliphatic heterocycles. The second-order valence-corrected chi connectivity index (χ2v) is 5.74. The van der Waals surface area contributed by atoms with Crippen LogP contribution in [0, 0.1) is 0 Å². The monoisotopic (exact) mass is 344 g/mol. The van der Waals surface area contributed by atoms with Crippen LogP contribution < -0.4 is 5.32 Å². The fourth-order valence-corrected chi connectivity index (χ4v) is 2.58. The summed E-state index contributed by atoms with van der Waals surface area (Å²) < 4.78 is 7.04. The molecule has 0 saturated heterocycles. The summed E-state index contributed by atoms with van der Waals surface area (Å²) >= 11 is 0. The van der Waals surface area contributed by atoms with Crippen LogP contribution >= 0.6 is 0 Å². The van der Waals surface area contributed by atoms with E-state index < -0.39 is 0 Å². The molecule has 2 aromatic heterocycles. The van der Waals surface area contributed by atoms with E-state index in [9.17, 15) is 4.79 Å². The van der Waals surface area contributed by atoms with Crippen molar-refractivity contribution in [1.29, 1.82) is 0 Å². The smallest absolute Gasteiger partial charge is 0.273 e. The number of carbonyl (C=O) groups is 1. The van der Waals surface area contributed by atoms with Gasteiger partial charge in [-0.2, -0.15) is 5.10 Å². The first-order valence-electron chi connectivity index (χ1n) is 8.19. The minimum absolute atomic E-state index is 0.261. The lowest BCUT2D eigenvalue weighted by molar-refractivity contribution is 0.0942. The zero-order valence-electron chi connectivity index (χ0n) is 13.9. The predicted molar refractivity (Wildman–Crippen MR) is 96.7 cm³/mol. The molecule has 128 valence electrons. The first-order valence-corrected chi connectivity index (χ1v) is 8.19. The average molecular weight is 344 g/mol. The Morgan fingerprint density at radius 1 is 1.04 bits per heavy atom. The standard InChI is InChI=1S/C20H16N4O2/c25-20(18-13-19(26-23-18)16-5-2-1-3-6-16)21-14-15-7-9-17(10-8-15)24-12-4-11-22-24/h1-13H,14H2,(H,21,25). The highest BCUT2D eigenvalue weighted by Crippen LogP contribution is 2.19. The lowest BCUT2D eigenvalue weighted by atomic mass is 10.1. The molecule has 1 amide bonds. The van der Waals surface area contributed by atoms with Crippen LogP contribution in [0.2, 0.25) is 0 Å². The Bertz CT molecular complexity index is 990. The van der Waals surface area contributed by atoms with Gasteiger partial charge in [0.25, 0.3) is 5.91 Å². The Morgan fingerprint density at radius 2 is 1.85 bits per heavy atom. The molecular formula is C20H16N4O2. The number of nitrogens with one attached hydrogen (secondary N) is 1. The van der Waals surface area contributed by atoms with Crippen molar-refractivity contribution in [2.24, 2.45) is 0 Å². The summed E-state index contributed by atoms with van der Waals surface area (Å²) in [5, 5.41) is 10.9. The molecule has 2 heterocycles. The second kappa shape index (κ2) is 7.06. The van der Waals surface area contributed by atoms with Gasteiger partial charge < -0.3 is 9.84 Å². The predicted octanol–water partition coefficient (Wildman–Crippen LogP) is 3.46. The van der Waals surface area contributed by atoms with Crippen molar-refractivity contribution in [1.82, 2.24) is 20.3 Å². The summed E-state index contributed by atoms with van der Waals surface area (Å²) in [7, 11) is 0. The largest absolute Gasteiger partial charge is 0.355 e. The van der Waals surface area contributed by atoms with Gasteiger partial charge in [0, 0.05) is 30.6 Å². The lowest BCUT2D eigenvalue weighted by Gasteiger charge is -2.05. The molecule has 2 aromatic carbocycles. The molecule has 6 nitrogen and oxygen atoms in total. The summed E-state index contributed by atoms with van der Waals surface area (Å²) in [6, 6.07) is 20.9. The minimum Gasteiger partial charge on any atom is -0.355 e. The topological polar surface area (TPSA) is 73.0 Å². The maximum Gasteiger partial charge on any atom is 0.273 e. The number of carbonyl (C=O) groups excluding carboxylic acids is 1. The number of aromatic nitrogens is 3. The van der Waals surface area contributed by atoms with Gasteiger partial charge in [0.2, 0.25) is 0 Å². The van der Waals surface area contributed by atoms with Crippen LogP contribution in [0.3, 0.4) is 0 Å². The minimum atomic E-state index is -0.271. The van der Waals surface area contributed by atoms with Crippen molar-refractivity contribution in [2.45, 2.75) is 6.54 Å². The Labute approximate surface area is 150 Å². The molecule has 0 atom stereocenters. The highest BCUT2D eigenvalue weighted by Gasteiger charge is 2.13. The fraction of sp³-hybridized carbons (Fsp3) is 0.0500. The third kappa shape index (κ3) is 3.39. The summed E-state index contributed by atoms with van der Waals surface area (Å²) in [6.45, 7) is 0.408. The van der Waals surface area contributed by atoms with Gasteiger partial charge >= 0.3 is 0 Å². The van der Waals surface area contributed by atoms with Crippen molar-refractivity contribution < 1.29 is 9.32 Å². The maximum atomic E-state index is 12.3. The third-order valence-corrected chi connectivity index (χ3v) is 3.96. The van der Waals surface area contributed by atoms with E-state index in [-0.39, 0.29) is 11.6 Å². The second-order valence-electron chi connectivity index (χ2n) is 5.74. The van der Waals surface area contributed by atoms with E-state index in [2.05, 4.69) is 15.6 Å². The summed E-state index contributed by atoms with van der Waals surface area (Å²) in [6.07, 6.45) is 3.61. The zero-order valence-corrected chi connectivity index (χ0v) is 13.9. The molecule has 0 radical (unpaired) electrons. The van der Waals surface area contributed by atoms with E-state index in [0.717, 1.165) is 16.8 Å². The molecule has 4 aromatic rings. The molecule has 0 aliphatic carbocycles. The first-order chi connectivity index (χ1) is 12.8. The normalized spacial score (nSPS) is 10.6. The van der Waals surface area contributed by atoms with E-state index in [1.807, 2.05) is 66.9 Å². The SMILES string of the molecule is O=C(NCc1ccc(-n2cccn2)cc1)c1cc(-c2ccccc2)on1. The van der Waals surface area contributed by atoms with E-state index in [4.69, 9.17) is 4.52 Å². The Balaban J connectivity index is 1.39. The lowest BCUT2D eigenvalue weighted by Crippen LogP contribution is -2.23. The number of rotatable bonds is 5. The molecule has 0 spiro atoms. The number of nitrogens with zero attached hydrogens (tertiary/aromatic N) is 3. The fourth-order valence-electron chi connectivity index (χ4n) is 2.58. The van der Waals surface area contributed by atoms with Gasteiger partial charge in [-0.3, -0.25) is 4.79 Å². The van der Waals surface area contributed by atoms with Gasteiger partial charge in [-0.05, 0) is 23.8 Å². The van der Waals surface area contributed by atoms with Crippen LogP contribution in [0.5, 0.6) is 0 Å². The van der Waals surface area contributed by atoms with Gasteiger partial charge in [0.05, 0.1) is 5.69 Å². The van der Waals surface area contributed by atoms with E-state index in [1.54, 1.807) is 16.9 Å². The van der Waals surface area contributed by atoms with Gasteiger partial charge in [-0.15, -0.1) is 0 Å². The quantitative estimate of drug-likeness (QED) is 0.602. The molecule has 6 heteroatoms. The van der Waals surface area contributed by atoms with Crippen molar-refractivity contribution in [3.63, 3.8) is 0 Å². The van der Waals surface area contributed by atoms with Crippen LogP contribution in [0.15, 0.2) is 83.6 Å². The molecular weight excluding hydrogens is 328 g/mol. The summed E-state index contributed by atoms with van der Waals surface area (Å²) in [4.78, 5) is 12.3. The molecule has 0 saturated carbocycles. The first kappa shape index (κ1) is 15.8.